The lowest BCUT2D eigenvalue weighted by Gasteiger charge is -2.23. The van der Waals surface area contributed by atoms with E-state index in [-0.39, 0.29) is 60.5 Å². The van der Waals surface area contributed by atoms with E-state index in [0.717, 1.165) is 33.5 Å². The number of nitrogens with zero attached hydrogens (tertiary/aromatic N) is 1. The molecule has 4 heterocycles. The molecular weight excluding hydrogens is 662 g/mol. The zero-order valence-electron chi connectivity index (χ0n) is 28.9. The van der Waals surface area contributed by atoms with E-state index in [2.05, 4.69) is 26.9 Å². The van der Waals surface area contributed by atoms with Crippen LogP contribution in [0.15, 0.2) is 28.8 Å². The highest BCUT2D eigenvalue weighted by molar-refractivity contribution is 8.00. The van der Waals surface area contributed by atoms with E-state index in [0.29, 0.717) is 34.1 Å². The van der Waals surface area contributed by atoms with E-state index in [1.54, 1.807) is 13.0 Å². The van der Waals surface area contributed by atoms with Gasteiger partial charge in [-0.1, -0.05) is 26.5 Å². The molecule has 2 aromatic rings. The zero-order valence-corrected chi connectivity index (χ0v) is 29.7. The molecule has 0 bridgehead atoms. The average molecular weight is 708 g/mol. The fourth-order valence-electron chi connectivity index (χ4n) is 6.68. The van der Waals surface area contributed by atoms with Gasteiger partial charge in [-0.3, -0.25) is 24.0 Å². The number of hydrogen-bond donors (Lipinski definition) is 7. The SMILES string of the molecule is C=CC1=C(C)[C@@H](Cc2[nH]c(/C=c3\[nH]/c(=C/C4=NC(=O)[C@@H](C)[C@H]4[C@@H](C)SC[C@H](N)C(=O)O)c(C)c3CCC(=O)O)c(CCC(=O)O)c2C)NC1=O. The molecule has 14 heteroatoms. The smallest absolute Gasteiger partial charge is 0.321 e. The largest absolute Gasteiger partial charge is 0.481 e. The van der Waals surface area contributed by atoms with Crippen LogP contribution in [0, 0.1) is 25.7 Å². The van der Waals surface area contributed by atoms with Crippen LogP contribution in [0.5, 0.6) is 0 Å². The number of carboxylic acid groups (broad SMARTS) is 3. The summed E-state index contributed by atoms with van der Waals surface area (Å²) < 4.78 is 0. The quantitative estimate of drug-likeness (QED) is 0.134. The Morgan fingerprint density at radius 1 is 0.980 bits per heavy atom. The van der Waals surface area contributed by atoms with E-state index < -0.39 is 29.9 Å². The van der Waals surface area contributed by atoms with Crippen molar-refractivity contribution in [2.75, 3.05) is 5.75 Å². The van der Waals surface area contributed by atoms with Crippen LogP contribution >= 0.6 is 11.8 Å². The summed E-state index contributed by atoms with van der Waals surface area (Å²) >= 11 is 1.36. The number of aromatic nitrogens is 2. The van der Waals surface area contributed by atoms with Crippen LogP contribution in [0.25, 0.3) is 12.2 Å². The number of aliphatic carboxylic acids is 3. The summed E-state index contributed by atoms with van der Waals surface area (Å²) in [4.78, 5) is 71.0. The molecule has 0 unspecified atom stereocenters. The van der Waals surface area contributed by atoms with Crippen molar-refractivity contribution in [3.05, 3.63) is 68.1 Å². The average Bonchev–Trinajstić information content (AvgIpc) is 3.69. The first-order valence-corrected chi connectivity index (χ1v) is 17.5. The van der Waals surface area contributed by atoms with E-state index in [1.165, 1.54) is 17.8 Å². The number of amides is 2. The minimum atomic E-state index is -1.10. The van der Waals surface area contributed by atoms with E-state index in [1.807, 2.05) is 33.8 Å². The fourth-order valence-corrected chi connectivity index (χ4v) is 7.92. The van der Waals surface area contributed by atoms with Gasteiger partial charge in [0.2, 0.25) is 5.91 Å². The van der Waals surface area contributed by atoms with Gasteiger partial charge < -0.3 is 36.3 Å². The minimum Gasteiger partial charge on any atom is -0.481 e. The van der Waals surface area contributed by atoms with Crippen LogP contribution in [0.2, 0.25) is 0 Å². The topological polar surface area (TPSA) is 228 Å². The Labute approximate surface area is 293 Å². The number of aromatic amines is 2. The molecule has 0 radical (unpaired) electrons. The molecule has 0 aromatic carbocycles. The van der Waals surface area contributed by atoms with Gasteiger partial charge in [0.05, 0.1) is 11.8 Å². The Morgan fingerprint density at radius 3 is 2.20 bits per heavy atom. The predicted molar refractivity (Wildman–Crippen MR) is 191 cm³/mol. The second kappa shape index (κ2) is 15.9. The van der Waals surface area contributed by atoms with Crippen molar-refractivity contribution in [1.82, 2.24) is 15.3 Å². The standard InChI is InChI=1S/C36H45N5O8S/c1-7-21-16(2)27(40-35(21)47)12-25-17(3)22(8-10-31(42)43)28(38-25)14-29-23(9-11-32(44)45)18(4)26(39-29)13-30-33(19(5)34(46)41-30)20(6)50-15-24(37)36(48)49/h7,13-14,19-20,24,27,33,38-39H,1,8-12,15,37H2,2-6H3,(H,40,47)(H,42,43)(H,44,45)(H,48,49)/b26-13+,29-14-/t19-,20+,24-,27+,33-/m0/s1. The normalized spacial score (nSPS) is 21.1. The van der Waals surface area contributed by atoms with E-state index >= 15 is 0 Å². The summed E-state index contributed by atoms with van der Waals surface area (Å²) in [6.45, 7) is 13.1. The maximum absolute atomic E-state index is 12.8. The third-order valence-corrected chi connectivity index (χ3v) is 11.1. The van der Waals surface area contributed by atoms with Crippen LogP contribution in [0.4, 0.5) is 0 Å². The molecule has 8 N–H and O–H groups in total. The summed E-state index contributed by atoms with van der Waals surface area (Å²) in [6, 6.07) is -1.31. The summed E-state index contributed by atoms with van der Waals surface area (Å²) in [5, 5.41) is 32.4. The molecule has 50 heavy (non-hydrogen) atoms. The maximum Gasteiger partial charge on any atom is 0.321 e. The zero-order chi connectivity index (χ0) is 37.0. The number of thioether (sulfide) groups is 1. The molecule has 4 rings (SSSR count). The number of carboxylic acids is 3. The van der Waals surface area contributed by atoms with Gasteiger partial charge in [0.15, 0.2) is 0 Å². The molecule has 0 saturated carbocycles. The third-order valence-electron chi connectivity index (χ3n) is 9.71. The highest BCUT2D eigenvalue weighted by Gasteiger charge is 2.38. The second-order valence-electron chi connectivity index (χ2n) is 13.0. The third kappa shape index (κ3) is 8.36. The van der Waals surface area contributed by atoms with Crippen LogP contribution < -0.4 is 21.7 Å². The van der Waals surface area contributed by atoms with Crippen LogP contribution in [-0.2, 0) is 43.2 Å². The predicted octanol–water partition coefficient (Wildman–Crippen LogP) is 1.91. The van der Waals surface area contributed by atoms with E-state index in [4.69, 9.17) is 5.73 Å². The first kappa shape index (κ1) is 38.1. The summed E-state index contributed by atoms with van der Waals surface area (Å²) in [5.41, 5.74) is 12.4. The van der Waals surface area contributed by atoms with Crippen LogP contribution in [-0.4, -0.2) is 83.8 Å². The molecule has 2 aliphatic rings. The number of rotatable bonds is 16. The summed E-state index contributed by atoms with van der Waals surface area (Å²) in [6.07, 6.45) is 5.86. The first-order chi connectivity index (χ1) is 23.5. The Balaban J connectivity index is 1.81. The highest BCUT2D eigenvalue weighted by atomic mass is 32.2. The molecule has 2 amide bonds. The van der Waals surface area contributed by atoms with Crippen molar-refractivity contribution in [3.63, 3.8) is 0 Å². The van der Waals surface area contributed by atoms with Crippen LogP contribution in [0.1, 0.15) is 67.3 Å². The number of aliphatic imine (C=N–C) groups is 1. The minimum absolute atomic E-state index is 0.103. The number of nitrogens with two attached hydrogens (primary N) is 1. The van der Waals surface area contributed by atoms with E-state index in [9.17, 15) is 39.3 Å². The van der Waals surface area contributed by atoms with Crippen molar-refractivity contribution in [2.45, 2.75) is 84.1 Å². The Kier molecular flexibility index (Phi) is 12.1. The molecule has 2 aliphatic heterocycles. The molecule has 13 nitrogen and oxygen atoms in total. The van der Waals surface area contributed by atoms with Crippen molar-refractivity contribution in [3.8, 4) is 0 Å². The van der Waals surface area contributed by atoms with Gasteiger partial charge >= 0.3 is 17.9 Å². The molecular formula is C36H45N5O8S. The summed E-state index contributed by atoms with van der Waals surface area (Å²) in [5.74, 6) is -4.05. The van der Waals surface area contributed by atoms with Crippen LogP contribution in [0.3, 0.4) is 0 Å². The summed E-state index contributed by atoms with van der Waals surface area (Å²) in [7, 11) is 0. The van der Waals surface area contributed by atoms with Crippen molar-refractivity contribution in [2.24, 2.45) is 22.6 Å². The van der Waals surface area contributed by atoms with Crippen molar-refractivity contribution in [1.29, 1.82) is 0 Å². The maximum atomic E-state index is 12.8. The Morgan fingerprint density at radius 2 is 1.62 bits per heavy atom. The first-order valence-electron chi connectivity index (χ1n) is 16.4. The van der Waals surface area contributed by atoms with Gasteiger partial charge in [-0.2, -0.15) is 11.8 Å². The molecule has 0 spiro atoms. The lowest BCUT2D eigenvalue weighted by molar-refractivity contribution is -0.138. The van der Waals surface area contributed by atoms with Gasteiger partial charge in [-0.05, 0) is 73.6 Å². The van der Waals surface area contributed by atoms with Gasteiger partial charge in [0.25, 0.3) is 5.91 Å². The number of hydrogen-bond acceptors (Lipinski definition) is 7. The van der Waals surface area contributed by atoms with Gasteiger partial charge in [-0.25, -0.2) is 4.99 Å². The number of carbonyl (C=O) groups is 5. The van der Waals surface area contributed by atoms with Crippen molar-refractivity contribution < 1.29 is 39.3 Å². The Hall–Kier alpha value is -4.69. The van der Waals surface area contributed by atoms with Gasteiger partial charge in [0.1, 0.15) is 6.04 Å². The number of nitrogens with one attached hydrogen (secondary N) is 3. The molecule has 268 valence electrons. The lowest BCUT2D eigenvalue weighted by Crippen LogP contribution is -2.35. The molecule has 2 aromatic heterocycles. The molecule has 0 saturated heterocycles. The fraction of sp³-hybridized carbons (Fsp3) is 0.444. The van der Waals surface area contributed by atoms with Crippen molar-refractivity contribution >= 4 is 59.3 Å². The number of H-pyrrole nitrogens is 2. The monoisotopic (exact) mass is 707 g/mol. The lowest BCUT2D eigenvalue weighted by atomic mass is 9.89. The second-order valence-corrected chi connectivity index (χ2v) is 14.4. The Bertz CT molecular complexity index is 1920. The molecule has 5 atom stereocenters. The molecule has 0 fully saturated rings. The molecule has 0 aliphatic carbocycles. The number of carbonyl (C=O) groups excluding carboxylic acids is 2. The van der Waals surface area contributed by atoms with Gasteiger partial charge in [0, 0.05) is 69.8 Å². The van der Waals surface area contributed by atoms with Gasteiger partial charge in [-0.15, -0.1) is 0 Å². The highest BCUT2D eigenvalue weighted by Crippen LogP contribution is 2.33.